The SMILES string of the molecule is Cl.NCCOCCOCCOCCOCCOCCNc1ccc2c(c1)C(=O)N(C1CCC(=O)NC1=O)C2=O. The van der Waals surface area contributed by atoms with Crippen molar-refractivity contribution in [2.75, 3.05) is 84.5 Å². The Bertz CT molecular complexity index is 965. The first-order valence-corrected chi connectivity index (χ1v) is 12.7. The zero-order valence-corrected chi connectivity index (χ0v) is 22.6. The molecule has 1 fully saturated rings. The van der Waals surface area contributed by atoms with Gasteiger partial charge in [-0.3, -0.25) is 29.4 Å². The maximum Gasteiger partial charge on any atom is 0.262 e. The number of hydrogen-bond acceptors (Lipinski definition) is 11. The van der Waals surface area contributed by atoms with Crippen LogP contribution >= 0.6 is 12.4 Å². The molecule has 3 rings (SSSR count). The van der Waals surface area contributed by atoms with Crippen LogP contribution in [-0.2, 0) is 33.3 Å². The van der Waals surface area contributed by atoms with E-state index in [1.807, 2.05) is 0 Å². The lowest BCUT2D eigenvalue weighted by Crippen LogP contribution is -2.54. The number of halogens is 1. The molecule has 1 unspecified atom stereocenters. The molecule has 1 aromatic carbocycles. The van der Waals surface area contributed by atoms with Gasteiger partial charge >= 0.3 is 0 Å². The van der Waals surface area contributed by atoms with Crippen LogP contribution in [0.25, 0.3) is 0 Å². The number of nitrogens with two attached hydrogens (primary N) is 1. The van der Waals surface area contributed by atoms with Crippen molar-refractivity contribution in [1.82, 2.24) is 10.2 Å². The number of anilines is 1. The van der Waals surface area contributed by atoms with E-state index in [2.05, 4.69) is 10.6 Å². The lowest BCUT2D eigenvalue weighted by atomic mass is 10.0. The number of fused-ring (bicyclic) bond motifs is 1. The highest BCUT2D eigenvalue weighted by Gasteiger charge is 2.44. The zero-order chi connectivity index (χ0) is 27.2. The van der Waals surface area contributed by atoms with Gasteiger partial charge in [-0.25, -0.2) is 0 Å². The number of nitrogens with zero attached hydrogens (tertiary/aromatic N) is 1. The summed E-state index contributed by atoms with van der Waals surface area (Å²) < 4.78 is 26.9. The Kier molecular flexibility index (Phi) is 14.9. The summed E-state index contributed by atoms with van der Waals surface area (Å²) in [6.45, 7) is 5.74. The number of nitrogens with one attached hydrogen (secondary N) is 2. The van der Waals surface area contributed by atoms with Crippen LogP contribution in [0, 0.1) is 0 Å². The van der Waals surface area contributed by atoms with Crippen molar-refractivity contribution in [3.05, 3.63) is 29.3 Å². The van der Waals surface area contributed by atoms with Crippen molar-refractivity contribution < 1.29 is 42.9 Å². The predicted molar refractivity (Wildman–Crippen MR) is 142 cm³/mol. The second-order valence-corrected chi connectivity index (χ2v) is 8.48. The van der Waals surface area contributed by atoms with Gasteiger partial charge in [0.25, 0.3) is 11.8 Å². The Hall–Kier alpha value is -2.65. The smallest absolute Gasteiger partial charge is 0.262 e. The summed E-state index contributed by atoms with van der Waals surface area (Å²) in [5, 5.41) is 5.34. The Morgan fingerprint density at radius 1 is 0.795 bits per heavy atom. The van der Waals surface area contributed by atoms with Gasteiger partial charge in [-0.1, -0.05) is 0 Å². The number of piperidine rings is 1. The molecule has 1 atom stereocenters. The van der Waals surface area contributed by atoms with E-state index >= 15 is 0 Å². The number of carbonyl (C=O) groups excluding carboxylic acids is 4. The van der Waals surface area contributed by atoms with Crippen LogP contribution < -0.4 is 16.4 Å². The summed E-state index contributed by atoms with van der Waals surface area (Å²) in [6.07, 6.45) is 0.203. The van der Waals surface area contributed by atoms with Gasteiger partial charge in [0.1, 0.15) is 6.04 Å². The van der Waals surface area contributed by atoms with Gasteiger partial charge in [-0.15, -0.1) is 12.4 Å². The van der Waals surface area contributed by atoms with E-state index in [0.29, 0.717) is 84.8 Å². The van der Waals surface area contributed by atoms with Crippen LogP contribution in [0.1, 0.15) is 33.6 Å². The molecule has 2 heterocycles. The average Bonchev–Trinajstić information content (AvgIpc) is 3.15. The van der Waals surface area contributed by atoms with Crippen LogP contribution in [0.15, 0.2) is 18.2 Å². The molecule has 0 bridgehead atoms. The molecule has 0 spiro atoms. The summed E-state index contributed by atoms with van der Waals surface area (Å²) in [4.78, 5) is 50.1. The third kappa shape index (κ3) is 10.1. The molecule has 13 nitrogen and oxygen atoms in total. The fraction of sp³-hybridized carbons (Fsp3) is 0.600. The van der Waals surface area contributed by atoms with Crippen molar-refractivity contribution in [3.63, 3.8) is 0 Å². The molecule has 2 aliphatic rings. The highest BCUT2D eigenvalue weighted by Crippen LogP contribution is 2.29. The second-order valence-electron chi connectivity index (χ2n) is 8.48. The molecule has 0 aliphatic carbocycles. The number of hydrogen-bond donors (Lipinski definition) is 3. The normalized spacial score (nSPS) is 16.7. The number of carbonyl (C=O) groups is 4. The van der Waals surface area contributed by atoms with Gasteiger partial charge in [0.05, 0.1) is 77.2 Å². The summed E-state index contributed by atoms with van der Waals surface area (Å²) in [7, 11) is 0. The van der Waals surface area contributed by atoms with E-state index in [9.17, 15) is 19.2 Å². The van der Waals surface area contributed by atoms with E-state index in [1.165, 1.54) is 0 Å². The summed E-state index contributed by atoms with van der Waals surface area (Å²) in [5.41, 5.74) is 6.44. The van der Waals surface area contributed by atoms with E-state index in [0.717, 1.165) is 4.90 Å². The topological polar surface area (TPSA) is 168 Å². The molecule has 0 radical (unpaired) electrons. The largest absolute Gasteiger partial charge is 0.383 e. The van der Waals surface area contributed by atoms with Gasteiger partial charge in [0, 0.05) is 25.2 Å². The summed E-state index contributed by atoms with van der Waals surface area (Å²) in [5.74, 6) is -2.11. The standard InChI is InChI=1S/C25H36N4O9.ClH/c26-5-7-34-9-11-36-13-15-38-16-14-37-12-10-35-8-6-27-18-1-2-19-20(17-18)25(33)29(24(19)32)21-3-4-22(30)28-23(21)31;/h1-2,17,21,27H,3-16,26H2,(H,28,30,31);1H. The van der Waals surface area contributed by atoms with E-state index < -0.39 is 29.7 Å². The molecule has 2 aliphatic heterocycles. The van der Waals surface area contributed by atoms with Gasteiger partial charge in [0.2, 0.25) is 11.8 Å². The van der Waals surface area contributed by atoms with Crippen LogP contribution in [0.3, 0.4) is 0 Å². The maximum absolute atomic E-state index is 12.9. The molecule has 4 amide bonds. The van der Waals surface area contributed by atoms with Crippen LogP contribution in [0.2, 0.25) is 0 Å². The number of imide groups is 2. The van der Waals surface area contributed by atoms with Crippen LogP contribution in [0.5, 0.6) is 0 Å². The van der Waals surface area contributed by atoms with Gasteiger partial charge < -0.3 is 34.7 Å². The minimum atomic E-state index is -0.982. The van der Waals surface area contributed by atoms with Crippen molar-refractivity contribution in [2.24, 2.45) is 5.73 Å². The molecule has 39 heavy (non-hydrogen) atoms. The molecule has 1 aromatic rings. The molecule has 0 aromatic heterocycles. The lowest BCUT2D eigenvalue weighted by Gasteiger charge is -2.27. The second kappa shape index (κ2) is 17.8. The molecule has 218 valence electrons. The van der Waals surface area contributed by atoms with E-state index in [-0.39, 0.29) is 36.4 Å². The fourth-order valence-electron chi connectivity index (χ4n) is 3.91. The predicted octanol–water partition coefficient (Wildman–Crippen LogP) is -0.0368. The zero-order valence-electron chi connectivity index (χ0n) is 21.8. The van der Waals surface area contributed by atoms with Gasteiger partial charge in [0.15, 0.2) is 0 Å². The third-order valence-electron chi connectivity index (χ3n) is 5.77. The fourth-order valence-corrected chi connectivity index (χ4v) is 3.91. The van der Waals surface area contributed by atoms with Crippen LogP contribution in [0.4, 0.5) is 5.69 Å². The Morgan fingerprint density at radius 2 is 1.33 bits per heavy atom. The van der Waals surface area contributed by atoms with Crippen molar-refractivity contribution in [2.45, 2.75) is 18.9 Å². The molecule has 1 saturated heterocycles. The van der Waals surface area contributed by atoms with Crippen molar-refractivity contribution in [3.8, 4) is 0 Å². The maximum atomic E-state index is 12.9. The highest BCUT2D eigenvalue weighted by atomic mass is 35.5. The lowest BCUT2D eigenvalue weighted by molar-refractivity contribution is -0.136. The average molecular weight is 573 g/mol. The van der Waals surface area contributed by atoms with Gasteiger partial charge in [-0.2, -0.15) is 0 Å². The van der Waals surface area contributed by atoms with Crippen molar-refractivity contribution >= 4 is 41.7 Å². The van der Waals surface area contributed by atoms with Gasteiger partial charge in [-0.05, 0) is 24.6 Å². The molecule has 0 saturated carbocycles. The quantitative estimate of drug-likeness (QED) is 0.150. The first-order chi connectivity index (χ1) is 18.5. The Labute approximate surface area is 233 Å². The first-order valence-electron chi connectivity index (χ1n) is 12.7. The Morgan fingerprint density at radius 3 is 1.90 bits per heavy atom. The molecular formula is C25H37ClN4O9. The summed E-state index contributed by atoms with van der Waals surface area (Å²) in [6, 6.07) is 3.86. The first kappa shape index (κ1) is 32.6. The third-order valence-corrected chi connectivity index (χ3v) is 5.77. The highest BCUT2D eigenvalue weighted by molar-refractivity contribution is 6.23. The summed E-state index contributed by atoms with van der Waals surface area (Å²) >= 11 is 0. The van der Waals surface area contributed by atoms with E-state index in [1.54, 1.807) is 18.2 Å². The minimum Gasteiger partial charge on any atom is -0.383 e. The number of ether oxygens (including phenoxy) is 5. The number of benzene rings is 1. The van der Waals surface area contributed by atoms with Crippen molar-refractivity contribution in [1.29, 1.82) is 0 Å². The molecule has 4 N–H and O–H groups in total. The number of rotatable bonds is 19. The molecule has 14 heteroatoms. The number of amides is 4. The minimum absolute atomic E-state index is 0. The van der Waals surface area contributed by atoms with E-state index in [4.69, 9.17) is 29.4 Å². The Balaban J connectivity index is 0.00000533. The molecular weight excluding hydrogens is 536 g/mol. The monoisotopic (exact) mass is 572 g/mol. The van der Waals surface area contributed by atoms with Crippen LogP contribution in [-0.4, -0.2) is 114 Å².